The molecule has 3 N–H and O–H groups in total. The second-order valence-corrected chi connectivity index (χ2v) is 3.50. The molecule has 2 heterocycles. The molecule has 1 saturated heterocycles. The fourth-order valence-corrected chi connectivity index (χ4v) is 1.87. The van der Waals surface area contributed by atoms with Crippen molar-refractivity contribution in [1.29, 1.82) is 0 Å². The number of nitrogen functional groups attached to an aromatic ring is 1. The van der Waals surface area contributed by atoms with E-state index in [1.165, 1.54) is 0 Å². The van der Waals surface area contributed by atoms with Gasteiger partial charge in [0.25, 0.3) is 0 Å². The number of pyridine rings is 1. The number of rotatable bonds is 1. The zero-order valence-corrected chi connectivity index (χ0v) is 11.3. The van der Waals surface area contributed by atoms with Crippen LogP contribution in [0.4, 0.5) is 5.69 Å². The first-order valence-electron chi connectivity index (χ1n) is 4.79. The molecular formula is C10H18Cl3N3. The van der Waals surface area contributed by atoms with Crippen LogP contribution in [0.5, 0.6) is 0 Å². The van der Waals surface area contributed by atoms with Crippen molar-refractivity contribution in [3.63, 3.8) is 0 Å². The first-order chi connectivity index (χ1) is 6.38. The highest BCUT2D eigenvalue weighted by atomic mass is 35.5. The largest absolute Gasteiger partial charge is 0.397 e. The van der Waals surface area contributed by atoms with Gasteiger partial charge in [-0.2, -0.15) is 0 Å². The molecule has 3 nitrogen and oxygen atoms in total. The normalized spacial score (nSPS) is 15.2. The molecule has 0 unspecified atom stereocenters. The molecule has 94 valence electrons. The first kappa shape index (κ1) is 18.2. The number of hydrogen-bond donors (Lipinski definition) is 2. The highest BCUT2D eigenvalue weighted by Gasteiger charge is 2.17. The van der Waals surface area contributed by atoms with E-state index in [0.717, 1.165) is 37.3 Å². The molecule has 0 amide bonds. The summed E-state index contributed by atoms with van der Waals surface area (Å²) in [5, 5.41) is 3.34. The van der Waals surface area contributed by atoms with Crippen LogP contribution in [0.1, 0.15) is 24.5 Å². The molecule has 2 rings (SSSR count). The lowest BCUT2D eigenvalue weighted by atomic mass is 9.93. The lowest BCUT2D eigenvalue weighted by Crippen LogP contribution is -2.27. The average molecular weight is 287 g/mol. The van der Waals surface area contributed by atoms with Crippen LogP contribution >= 0.6 is 37.2 Å². The zero-order valence-electron chi connectivity index (χ0n) is 8.89. The fourth-order valence-electron chi connectivity index (χ4n) is 1.87. The van der Waals surface area contributed by atoms with Gasteiger partial charge >= 0.3 is 0 Å². The van der Waals surface area contributed by atoms with E-state index >= 15 is 0 Å². The van der Waals surface area contributed by atoms with Crippen molar-refractivity contribution in [3.05, 3.63) is 24.0 Å². The Labute approximate surface area is 115 Å². The second kappa shape index (κ2) is 8.88. The highest BCUT2D eigenvalue weighted by molar-refractivity contribution is 5.86. The Bertz CT molecular complexity index is 290. The van der Waals surface area contributed by atoms with E-state index in [4.69, 9.17) is 5.73 Å². The Kier molecular flexibility index (Phi) is 10.1. The lowest BCUT2D eigenvalue weighted by Gasteiger charge is -2.22. The van der Waals surface area contributed by atoms with Crippen molar-refractivity contribution in [2.45, 2.75) is 18.8 Å². The van der Waals surface area contributed by atoms with E-state index in [-0.39, 0.29) is 37.2 Å². The van der Waals surface area contributed by atoms with Gasteiger partial charge in [0.15, 0.2) is 0 Å². The number of anilines is 1. The van der Waals surface area contributed by atoms with E-state index in [1.54, 1.807) is 0 Å². The molecule has 0 saturated carbocycles. The van der Waals surface area contributed by atoms with E-state index in [9.17, 15) is 0 Å². The number of nitrogens with one attached hydrogen (secondary N) is 1. The van der Waals surface area contributed by atoms with Gasteiger partial charge in [0.2, 0.25) is 0 Å². The third kappa shape index (κ3) is 4.34. The molecule has 0 bridgehead atoms. The summed E-state index contributed by atoms with van der Waals surface area (Å²) >= 11 is 0. The van der Waals surface area contributed by atoms with Crippen LogP contribution in [0.2, 0.25) is 0 Å². The maximum Gasteiger partial charge on any atom is 0.0664 e. The standard InChI is InChI=1S/C10H15N3.3ClH/c11-9-2-1-5-13-10(9)8-3-6-12-7-4-8;;;/h1-2,5,8,12H,3-4,6-7,11H2;3*1H. The SMILES string of the molecule is Cl.Cl.Cl.Nc1cccnc1C1CCNCC1. The Morgan fingerprint density at radius 2 is 1.81 bits per heavy atom. The van der Waals surface area contributed by atoms with Crippen LogP contribution in [0, 0.1) is 0 Å². The third-order valence-electron chi connectivity index (χ3n) is 2.60. The van der Waals surface area contributed by atoms with E-state index in [0.29, 0.717) is 5.92 Å². The summed E-state index contributed by atoms with van der Waals surface area (Å²) in [6.07, 6.45) is 4.14. The summed E-state index contributed by atoms with van der Waals surface area (Å²) in [6, 6.07) is 3.82. The van der Waals surface area contributed by atoms with Crippen molar-refractivity contribution in [3.8, 4) is 0 Å². The van der Waals surface area contributed by atoms with Crippen LogP contribution in [0.15, 0.2) is 18.3 Å². The minimum atomic E-state index is 0. The first-order valence-corrected chi connectivity index (χ1v) is 4.79. The quantitative estimate of drug-likeness (QED) is 0.833. The molecule has 0 aliphatic carbocycles. The number of nitrogens with two attached hydrogens (primary N) is 1. The summed E-state index contributed by atoms with van der Waals surface area (Å²) in [5.74, 6) is 0.558. The average Bonchev–Trinajstić information content (AvgIpc) is 2.20. The maximum atomic E-state index is 5.87. The van der Waals surface area contributed by atoms with Crippen molar-refractivity contribution in [2.24, 2.45) is 0 Å². The topological polar surface area (TPSA) is 50.9 Å². The van der Waals surface area contributed by atoms with Crippen LogP contribution in [-0.2, 0) is 0 Å². The van der Waals surface area contributed by atoms with Gasteiger partial charge in [0, 0.05) is 12.1 Å². The lowest BCUT2D eigenvalue weighted by molar-refractivity contribution is 0.454. The maximum absolute atomic E-state index is 5.87. The summed E-state index contributed by atoms with van der Waals surface area (Å²) in [4.78, 5) is 4.35. The molecular weight excluding hydrogens is 268 g/mol. The number of nitrogens with zero attached hydrogens (tertiary/aromatic N) is 1. The number of piperidine rings is 1. The Morgan fingerprint density at radius 1 is 1.19 bits per heavy atom. The predicted octanol–water partition coefficient (Wildman–Crippen LogP) is 2.40. The van der Waals surface area contributed by atoms with Crippen molar-refractivity contribution in [2.75, 3.05) is 18.8 Å². The molecule has 0 atom stereocenters. The van der Waals surface area contributed by atoms with Gasteiger partial charge in [0.05, 0.1) is 11.4 Å². The molecule has 0 aromatic carbocycles. The third-order valence-corrected chi connectivity index (χ3v) is 2.60. The van der Waals surface area contributed by atoms with Crippen LogP contribution in [0.25, 0.3) is 0 Å². The summed E-state index contributed by atoms with van der Waals surface area (Å²) in [5.41, 5.74) is 7.80. The van der Waals surface area contributed by atoms with E-state index in [1.807, 2.05) is 18.3 Å². The monoisotopic (exact) mass is 285 g/mol. The highest BCUT2D eigenvalue weighted by Crippen LogP contribution is 2.26. The Morgan fingerprint density at radius 3 is 2.38 bits per heavy atom. The molecule has 1 aromatic heterocycles. The molecule has 1 aliphatic rings. The van der Waals surface area contributed by atoms with E-state index < -0.39 is 0 Å². The zero-order chi connectivity index (χ0) is 9.10. The van der Waals surface area contributed by atoms with Gasteiger partial charge in [-0.15, -0.1) is 37.2 Å². The van der Waals surface area contributed by atoms with Crippen LogP contribution in [0.3, 0.4) is 0 Å². The van der Waals surface area contributed by atoms with Crippen LogP contribution in [-0.4, -0.2) is 18.1 Å². The predicted molar refractivity (Wildman–Crippen MR) is 75.2 cm³/mol. The van der Waals surface area contributed by atoms with E-state index in [2.05, 4.69) is 10.3 Å². The minimum Gasteiger partial charge on any atom is -0.397 e. The Hall–Kier alpha value is -0.220. The molecule has 0 radical (unpaired) electrons. The number of aromatic nitrogens is 1. The Balaban J connectivity index is 0. The van der Waals surface area contributed by atoms with Gasteiger partial charge in [-0.05, 0) is 38.1 Å². The second-order valence-electron chi connectivity index (χ2n) is 3.50. The molecule has 0 spiro atoms. The molecule has 1 fully saturated rings. The molecule has 1 aromatic rings. The summed E-state index contributed by atoms with van der Waals surface area (Å²) in [6.45, 7) is 2.17. The van der Waals surface area contributed by atoms with Crippen molar-refractivity contribution >= 4 is 42.9 Å². The van der Waals surface area contributed by atoms with Gasteiger partial charge in [0.1, 0.15) is 0 Å². The van der Waals surface area contributed by atoms with Gasteiger partial charge < -0.3 is 11.1 Å². The smallest absolute Gasteiger partial charge is 0.0664 e. The molecule has 16 heavy (non-hydrogen) atoms. The number of hydrogen-bond acceptors (Lipinski definition) is 3. The van der Waals surface area contributed by atoms with Gasteiger partial charge in [-0.25, -0.2) is 0 Å². The van der Waals surface area contributed by atoms with Crippen LogP contribution < -0.4 is 11.1 Å². The van der Waals surface area contributed by atoms with Crippen molar-refractivity contribution < 1.29 is 0 Å². The minimum absolute atomic E-state index is 0. The molecule has 6 heteroatoms. The van der Waals surface area contributed by atoms with Gasteiger partial charge in [-0.3, -0.25) is 4.98 Å². The van der Waals surface area contributed by atoms with Crippen molar-refractivity contribution in [1.82, 2.24) is 10.3 Å². The number of halogens is 3. The van der Waals surface area contributed by atoms with Gasteiger partial charge in [-0.1, -0.05) is 0 Å². The summed E-state index contributed by atoms with van der Waals surface area (Å²) in [7, 11) is 0. The summed E-state index contributed by atoms with van der Waals surface area (Å²) < 4.78 is 0. The molecule has 1 aliphatic heterocycles. The fraction of sp³-hybridized carbons (Fsp3) is 0.500.